The van der Waals surface area contributed by atoms with Crippen molar-refractivity contribution in [2.45, 2.75) is 13.5 Å². The molecular weight excluding hydrogens is 428 g/mol. The molecule has 33 heavy (non-hydrogen) atoms. The molecule has 1 aliphatic heterocycles. The highest BCUT2D eigenvalue weighted by Crippen LogP contribution is 2.04. The summed E-state index contributed by atoms with van der Waals surface area (Å²) in [4.78, 5) is 42.9. The molecule has 0 amide bonds. The summed E-state index contributed by atoms with van der Waals surface area (Å²) < 4.78 is 5.43. The number of benzene rings is 1. The van der Waals surface area contributed by atoms with Gasteiger partial charge in [-0.25, -0.2) is 0 Å². The fraction of sp³-hybridized carbons (Fsp3) is 0.609. The van der Waals surface area contributed by atoms with Gasteiger partial charge in [0.25, 0.3) is 0 Å². The van der Waals surface area contributed by atoms with E-state index in [4.69, 9.17) is 4.74 Å². The van der Waals surface area contributed by atoms with Crippen LogP contribution in [-0.4, -0.2) is 126 Å². The first-order valence-corrected chi connectivity index (χ1v) is 11.4. The number of carbonyl (C=O) groups is 3. The number of ether oxygens (including phenoxy) is 1. The van der Waals surface area contributed by atoms with Crippen molar-refractivity contribution in [1.29, 1.82) is 0 Å². The highest BCUT2D eigenvalue weighted by molar-refractivity contribution is 5.71. The van der Waals surface area contributed by atoms with Crippen LogP contribution in [0.5, 0.6) is 0 Å². The lowest BCUT2D eigenvalue weighted by molar-refractivity contribution is -0.146. The zero-order valence-corrected chi connectivity index (χ0v) is 19.4. The van der Waals surface area contributed by atoms with Crippen molar-refractivity contribution in [3.05, 3.63) is 35.9 Å². The zero-order chi connectivity index (χ0) is 24.1. The van der Waals surface area contributed by atoms with Gasteiger partial charge in [0, 0.05) is 52.4 Å². The van der Waals surface area contributed by atoms with Crippen LogP contribution in [0, 0.1) is 0 Å². The molecule has 0 aliphatic carbocycles. The minimum atomic E-state index is -0.933. The van der Waals surface area contributed by atoms with E-state index >= 15 is 0 Å². The van der Waals surface area contributed by atoms with E-state index < -0.39 is 11.9 Å². The van der Waals surface area contributed by atoms with E-state index in [9.17, 15) is 24.6 Å². The molecule has 2 rings (SSSR count). The number of likely N-dealkylation sites (N-methyl/N-ethyl adjacent to an activating group) is 1. The minimum Gasteiger partial charge on any atom is -0.480 e. The quantitative estimate of drug-likeness (QED) is 0.489. The number of carboxylic acids is 2. The van der Waals surface area contributed by atoms with Crippen LogP contribution in [0.2, 0.25) is 0 Å². The predicted molar refractivity (Wildman–Crippen MR) is 123 cm³/mol. The van der Waals surface area contributed by atoms with Crippen molar-refractivity contribution < 1.29 is 29.3 Å². The lowest BCUT2D eigenvalue weighted by Crippen LogP contribution is -2.48. The number of esters is 1. The van der Waals surface area contributed by atoms with E-state index in [1.807, 2.05) is 40.1 Å². The first kappa shape index (κ1) is 26.7. The molecule has 2 N–H and O–H groups in total. The fourth-order valence-corrected chi connectivity index (χ4v) is 3.72. The molecule has 1 aliphatic rings. The maximum absolute atomic E-state index is 12.5. The number of carbonyl (C=O) groups excluding carboxylic acids is 1. The van der Waals surface area contributed by atoms with E-state index in [2.05, 4.69) is 11.8 Å². The minimum absolute atomic E-state index is 0.0716. The maximum atomic E-state index is 12.5. The molecule has 0 aromatic heterocycles. The van der Waals surface area contributed by atoms with Gasteiger partial charge in [-0.3, -0.25) is 29.1 Å². The van der Waals surface area contributed by atoms with Crippen molar-refractivity contribution >= 4 is 17.9 Å². The van der Waals surface area contributed by atoms with E-state index in [0.717, 1.165) is 18.7 Å². The Bertz CT molecular complexity index is 748. The van der Waals surface area contributed by atoms with Gasteiger partial charge in [0.05, 0.1) is 19.6 Å². The number of hydrogen-bond acceptors (Lipinski definition) is 8. The highest BCUT2D eigenvalue weighted by atomic mass is 16.5. The van der Waals surface area contributed by atoms with E-state index in [1.165, 1.54) is 0 Å². The fourth-order valence-electron chi connectivity index (χ4n) is 3.72. The van der Waals surface area contributed by atoms with Crippen LogP contribution >= 0.6 is 0 Å². The van der Waals surface area contributed by atoms with E-state index in [0.29, 0.717) is 45.8 Å². The standard InChI is InChI=1S/C23H36N4O6/c1-2-24-8-10-25(16-21(28)29)12-13-26(17-22(30)31)14-15-27(11-9-24)18-23(32)33-19-20-6-4-3-5-7-20/h3-7H,2,8-19H2,1H3,(H,28,29)(H,30,31). The average molecular weight is 465 g/mol. The lowest BCUT2D eigenvalue weighted by atomic mass is 10.2. The third-order valence-electron chi connectivity index (χ3n) is 5.69. The molecular formula is C23H36N4O6. The van der Waals surface area contributed by atoms with Crippen LogP contribution in [0.3, 0.4) is 0 Å². The molecule has 184 valence electrons. The van der Waals surface area contributed by atoms with Crippen LogP contribution in [-0.2, 0) is 25.7 Å². The molecule has 1 aromatic carbocycles. The zero-order valence-electron chi connectivity index (χ0n) is 19.4. The van der Waals surface area contributed by atoms with Gasteiger partial charge in [-0.1, -0.05) is 37.3 Å². The molecule has 0 saturated carbocycles. The summed E-state index contributed by atoms with van der Waals surface area (Å²) in [5, 5.41) is 18.5. The third kappa shape index (κ3) is 11.2. The highest BCUT2D eigenvalue weighted by Gasteiger charge is 2.20. The van der Waals surface area contributed by atoms with Gasteiger partial charge in [-0.05, 0) is 12.1 Å². The third-order valence-corrected chi connectivity index (χ3v) is 5.69. The van der Waals surface area contributed by atoms with Gasteiger partial charge in [-0.15, -0.1) is 0 Å². The van der Waals surface area contributed by atoms with Crippen LogP contribution < -0.4 is 0 Å². The summed E-state index contributed by atoms with van der Waals surface area (Å²) >= 11 is 0. The van der Waals surface area contributed by atoms with Crippen LogP contribution in [0.25, 0.3) is 0 Å². The Kier molecular flexibility index (Phi) is 11.8. The van der Waals surface area contributed by atoms with Gasteiger partial charge in [0.2, 0.25) is 0 Å². The summed E-state index contributed by atoms with van der Waals surface area (Å²) in [6, 6.07) is 9.51. The summed E-state index contributed by atoms with van der Waals surface area (Å²) in [7, 11) is 0. The molecule has 1 aromatic rings. The lowest BCUT2D eigenvalue weighted by Gasteiger charge is -2.32. The topological polar surface area (TPSA) is 114 Å². The normalized spacial score (nSPS) is 18.2. The van der Waals surface area contributed by atoms with Crippen molar-refractivity contribution in [3.63, 3.8) is 0 Å². The summed E-state index contributed by atoms with van der Waals surface area (Å²) in [5.41, 5.74) is 0.926. The van der Waals surface area contributed by atoms with Crippen LogP contribution in [0.4, 0.5) is 0 Å². The van der Waals surface area contributed by atoms with Gasteiger partial charge >= 0.3 is 17.9 Å². The Balaban J connectivity index is 2.00. The van der Waals surface area contributed by atoms with Crippen molar-refractivity contribution in [3.8, 4) is 0 Å². The summed E-state index contributed by atoms with van der Waals surface area (Å²) in [6.07, 6.45) is 0. The predicted octanol–water partition coefficient (Wildman–Crippen LogP) is 0.141. The monoisotopic (exact) mass is 464 g/mol. The molecule has 10 nitrogen and oxygen atoms in total. The molecule has 10 heteroatoms. The Morgan fingerprint density at radius 1 is 0.727 bits per heavy atom. The number of hydrogen-bond donors (Lipinski definition) is 2. The molecule has 0 unspecified atom stereocenters. The number of rotatable bonds is 9. The Hall–Kier alpha value is -2.53. The average Bonchev–Trinajstić information content (AvgIpc) is 2.77. The Labute approximate surface area is 195 Å². The first-order valence-electron chi connectivity index (χ1n) is 11.4. The van der Waals surface area contributed by atoms with E-state index in [-0.39, 0.29) is 32.2 Å². The molecule has 0 bridgehead atoms. The van der Waals surface area contributed by atoms with Crippen LogP contribution in [0.1, 0.15) is 12.5 Å². The second-order valence-corrected chi connectivity index (χ2v) is 8.20. The second-order valence-electron chi connectivity index (χ2n) is 8.20. The van der Waals surface area contributed by atoms with Gasteiger partial charge in [0.15, 0.2) is 0 Å². The number of carboxylic acid groups (broad SMARTS) is 2. The maximum Gasteiger partial charge on any atom is 0.320 e. The Morgan fingerprint density at radius 3 is 1.58 bits per heavy atom. The van der Waals surface area contributed by atoms with E-state index in [1.54, 1.807) is 4.90 Å². The largest absolute Gasteiger partial charge is 0.480 e. The van der Waals surface area contributed by atoms with Crippen molar-refractivity contribution in [2.24, 2.45) is 0 Å². The number of aliphatic carboxylic acids is 2. The SMILES string of the molecule is CCN1CCN(CC(=O)O)CCN(CC(=O)O)CCN(CC(=O)OCc2ccccc2)CC1. The van der Waals surface area contributed by atoms with Gasteiger partial charge < -0.3 is 19.8 Å². The molecule has 0 atom stereocenters. The smallest absolute Gasteiger partial charge is 0.320 e. The van der Waals surface area contributed by atoms with Gasteiger partial charge in [0.1, 0.15) is 6.61 Å². The van der Waals surface area contributed by atoms with Gasteiger partial charge in [-0.2, -0.15) is 0 Å². The molecule has 1 saturated heterocycles. The molecule has 1 heterocycles. The summed E-state index contributed by atoms with van der Waals surface area (Å²) in [5.74, 6) is -2.14. The van der Waals surface area contributed by atoms with Crippen molar-refractivity contribution in [2.75, 3.05) is 78.5 Å². The summed E-state index contributed by atoms with van der Waals surface area (Å²) in [6.45, 7) is 7.57. The first-order chi connectivity index (χ1) is 15.9. The molecule has 1 fully saturated rings. The number of nitrogens with zero attached hydrogens (tertiary/aromatic N) is 4. The molecule has 0 spiro atoms. The molecule has 0 radical (unpaired) electrons. The Morgan fingerprint density at radius 2 is 1.15 bits per heavy atom. The second kappa shape index (κ2) is 14.6. The van der Waals surface area contributed by atoms with Crippen LogP contribution in [0.15, 0.2) is 30.3 Å². The van der Waals surface area contributed by atoms with Crippen molar-refractivity contribution in [1.82, 2.24) is 19.6 Å².